The van der Waals surface area contributed by atoms with E-state index in [1.54, 1.807) is 24.3 Å². The smallest absolute Gasteiger partial charge is 0.184 e. The average molecular weight is 390 g/mol. The van der Waals surface area contributed by atoms with Crippen molar-refractivity contribution in [1.29, 1.82) is 0 Å². The van der Waals surface area contributed by atoms with Crippen LogP contribution in [0.3, 0.4) is 0 Å². The number of aromatic hydroxyl groups is 2. The predicted octanol–water partition coefficient (Wildman–Crippen LogP) is 1.35. The number of hydrogen-bond acceptors (Lipinski definition) is 8. The first-order chi connectivity index (χ1) is 13.6. The molecule has 0 saturated carbocycles. The third-order valence-corrected chi connectivity index (χ3v) is 4.91. The summed E-state index contributed by atoms with van der Waals surface area (Å²) >= 11 is 0. The van der Waals surface area contributed by atoms with Gasteiger partial charge in [-0.05, 0) is 24.3 Å². The molecule has 28 heavy (non-hydrogen) atoms. The van der Waals surface area contributed by atoms with Gasteiger partial charge >= 0.3 is 0 Å². The molecule has 2 aromatic carbocycles. The van der Waals surface area contributed by atoms with Gasteiger partial charge in [0, 0.05) is 11.1 Å². The van der Waals surface area contributed by atoms with E-state index < -0.39 is 37.0 Å². The Balaban J connectivity index is 1.58. The Kier molecular flexibility index (Phi) is 5.49. The largest absolute Gasteiger partial charge is 0.508 e. The van der Waals surface area contributed by atoms with Gasteiger partial charge in [-0.2, -0.15) is 0 Å². The predicted molar refractivity (Wildman–Crippen MR) is 95.4 cm³/mol. The third kappa shape index (κ3) is 3.70. The molecule has 2 aliphatic rings. The summed E-state index contributed by atoms with van der Waals surface area (Å²) in [4.78, 5) is 0. The van der Waals surface area contributed by atoms with E-state index in [1.165, 1.54) is 24.3 Å². The fourth-order valence-electron chi connectivity index (χ4n) is 3.45. The van der Waals surface area contributed by atoms with Crippen molar-refractivity contribution in [2.45, 2.75) is 37.0 Å². The highest BCUT2D eigenvalue weighted by atomic mass is 16.8. The lowest BCUT2D eigenvalue weighted by molar-refractivity contribution is -0.223. The Labute approximate surface area is 161 Å². The second-order valence-electron chi connectivity index (χ2n) is 6.76. The molecule has 0 spiro atoms. The number of benzene rings is 2. The lowest BCUT2D eigenvalue weighted by atomic mass is 10.0. The molecule has 2 saturated heterocycles. The Hall–Kier alpha value is -2.20. The molecule has 6 atom stereocenters. The van der Waals surface area contributed by atoms with Gasteiger partial charge < -0.3 is 39.4 Å². The lowest BCUT2D eigenvalue weighted by Gasteiger charge is -2.24. The molecule has 2 fully saturated rings. The molecule has 0 radical (unpaired) electrons. The van der Waals surface area contributed by atoms with Crippen molar-refractivity contribution in [2.75, 3.05) is 13.2 Å². The zero-order valence-corrected chi connectivity index (χ0v) is 14.9. The van der Waals surface area contributed by atoms with Crippen LogP contribution in [0.25, 0.3) is 0 Å². The van der Waals surface area contributed by atoms with E-state index in [1.807, 2.05) is 0 Å². The number of aliphatic hydroxyl groups is 2. The van der Waals surface area contributed by atoms with Gasteiger partial charge in [-0.1, -0.05) is 24.3 Å². The van der Waals surface area contributed by atoms with Crippen LogP contribution in [0.1, 0.15) is 23.7 Å². The maximum Gasteiger partial charge on any atom is 0.184 e. The van der Waals surface area contributed by atoms with Crippen LogP contribution >= 0.6 is 0 Å². The highest BCUT2D eigenvalue weighted by molar-refractivity contribution is 5.28. The fraction of sp³-hybridized carbons (Fsp3) is 0.400. The molecule has 2 unspecified atom stereocenters. The maximum absolute atomic E-state index is 9.87. The Morgan fingerprint density at radius 1 is 0.571 bits per heavy atom. The van der Waals surface area contributed by atoms with Gasteiger partial charge in [-0.15, -0.1) is 0 Å². The monoisotopic (exact) mass is 390 g/mol. The second kappa shape index (κ2) is 8.04. The molecule has 4 N–H and O–H groups in total. The van der Waals surface area contributed by atoms with Gasteiger partial charge in [0.1, 0.15) is 35.9 Å². The van der Waals surface area contributed by atoms with Gasteiger partial charge in [0.05, 0.1) is 13.2 Å². The van der Waals surface area contributed by atoms with E-state index in [4.69, 9.17) is 18.9 Å². The summed E-state index contributed by atoms with van der Waals surface area (Å²) in [6.07, 6.45) is -4.42. The molecular formula is C20H22O8. The Morgan fingerprint density at radius 2 is 0.929 bits per heavy atom. The van der Waals surface area contributed by atoms with Crippen LogP contribution in [0.2, 0.25) is 0 Å². The molecular weight excluding hydrogens is 368 g/mol. The van der Waals surface area contributed by atoms with Crippen molar-refractivity contribution >= 4 is 0 Å². The minimum atomic E-state index is -0.861. The van der Waals surface area contributed by atoms with E-state index in [0.29, 0.717) is 11.1 Å². The van der Waals surface area contributed by atoms with Crippen LogP contribution in [-0.4, -0.2) is 58.1 Å². The summed E-state index contributed by atoms with van der Waals surface area (Å²) in [6, 6.07) is 12.7. The molecule has 2 heterocycles. The van der Waals surface area contributed by atoms with E-state index in [0.717, 1.165) is 0 Å². The standard InChI is InChI=1S/C20H22O8/c21-9-15-17-18(28-20(27-17)12-3-7-14(24)8-4-12)16(10-22)26-19(25-15)11-1-5-13(23)6-2-11/h1-8,15-24H,9-10H2/t15-,16+,17-,18-,19?,20?/m1/s1. The van der Waals surface area contributed by atoms with Gasteiger partial charge in [-0.3, -0.25) is 0 Å². The number of ether oxygens (including phenoxy) is 4. The van der Waals surface area contributed by atoms with Crippen molar-refractivity contribution in [3.05, 3.63) is 59.7 Å². The molecule has 8 heteroatoms. The van der Waals surface area contributed by atoms with Gasteiger partial charge in [-0.25, -0.2) is 0 Å². The summed E-state index contributed by atoms with van der Waals surface area (Å²) < 4.78 is 23.8. The molecule has 4 rings (SSSR count). The van der Waals surface area contributed by atoms with Crippen molar-refractivity contribution in [1.82, 2.24) is 0 Å². The average Bonchev–Trinajstić information content (AvgIpc) is 3.08. The molecule has 0 aliphatic carbocycles. The van der Waals surface area contributed by atoms with Crippen LogP contribution < -0.4 is 0 Å². The summed E-state index contributed by atoms with van der Waals surface area (Å²) in [5.41, 5.74) is 1.32. The number of fused-ring (bicyclic) bond motifs is 1. The first-order valence-corrected chi connectivity index (χ1v) is 9.00. The summed E-state index contributed by atoms with van der Waals surface area (Å²) in [5, 5.41) is 38.7. The molecule has 0 bridgehead atoms. The lowest BCUT2D eigenvalue weighted by Crippen LogP contribution is -2.43. The van der Waals surface area contributed by atoms with Crippen LogP contribution in [-0.2, 0) is 18.9 Å². The molecule has 0 amide bonds. The number of phenols is 2. The minimum absolute atomic E-state index is 0.107. The number of phenolic OH excluding ortho intramolecular Hbond substituents is 2. The minimum Gasteiger partial charge on any atom is -0.508 e. The van der Waals surface area contributed by atoms with Crippen molar-refractivity contribution in [3.8, 4) is 11.5 Å². The van der Waals surface area contributed by atoms with Crippen molar-refractivity contribution < 1.29 is 39.4 Å². The highest BCUT2D eigenvalue weighted by Gasteiger charge is 2.50. The van der Waals surface area contributed by atoms with Crippen LogP contribution in [0, 0.1) is 0 Å². The van der Waals surface area contributed by atoms with Crippen molar-refractivity contribution in [3.63, 3.8) is 0 Å². The molecule has 150 valence electrons. The molecule has 2 aliphatic heterocycles. The first-order valence-electron chi connectivity index (χ1n) is 9.00. The van der Waals surface area contributed by atoms with Crippen molar-refractivity contribution in [2.24, 2.45) is 0 Å². The SMILES string of the molecule is OC[C@@H]1OC(c2ccc(O)cc2)O[C@H](CO)[C@H]2OC(c3ccc(O)cc3)O[C@@H]21. The quantitative estimate of drug-likeness (QED) is 0.618. The van der Waals surface area contributed by atoms with E-state index in [2.05, 4.69) is 0 Å². The van der Waals surface area contributed by atoms with Crippen LogP contribution in [0.4, 0.5) is 0 Å². The van der Waals surface area contributed by atoms with Crippen LogP contribution in [0.15, 0.2) is 48.5 Å². The van der Waals surface area contributed by atoms with Gasteiger partial charge in [0.15, 0.2) is 12.6 Å². The Morgan fingerprint density at radius 3 is 1.29 bits per heavy atom. The maximum atomic E-state index is 9.87. The summed E-state index contributed by atoms with van der Waals surface area (Å²) in [5.74, 6) is 0.232. The molecule has 8 nitrogen and oxygen atoms in total. The number of hydrogen-bond donors (Lipinski definition) is 4. The topological polar surface area (TPSA) is 118 Å². The zero-order valence-electron chi connectivity index (χ0n) is 14.9. The number of rotatable bonds is 4. The summed E-state index contributed by atoms with van der Waals surface area (Å²) in [7, 11) is 0. The van der Waals surface area contributed by atoms with E-state index in [9.17, 15) is 20.4 Å². The highest BCUT2D eigenvalue weighted by Crippen LogP contribution is 2.40. The normalized spacial score (nSPS) is 32.6. The van der Waals surface area contributed by atoms with Gasteiger partial charge in [0.2, 0.25) is 0 Å². The first kappa shape index (κ1) is 19.1. The van der Waals surface area contributed by atoms with E-state index in [-0.39, 0.29) is 24.7 Å². The number of aliphatic hydroxyl groups excluding tert-OH is 2. The van der Waals surface area contributed by atoms with Gasteiger partial charge in [0.25, 0.3) is 0 Å². The van der Waals surface area contributed by atoms with E-state index >= 15 is 0 Å². The zero-order chi connectivity index (χ0) is 19.7. The Bertz CT molecular complexity index is 756. The molecule has 0 aromatic heterocycles. The second-order valence-corrected chi connectivity index (χ2v) is 6.76. The third-order valence-electron chi connectivity index (χ3n) is 4.91. The summed E-state index contributed by atoms with van der Waals surface area (Å²) in [6.45, 7) is -0.661. The molecule has 2 aromatic rings. The van der Waals surface area contributed by atoms with Crippen LogP contribution in [0.5, 0.6) is 11.5 Å². The fourth-order valence-corrected chi connectivity index (χ4v) is 3.45.